The molecular formula is C17H19ClFNO. The molecule has 0 aliphatic heterocycles. The molecule has 21 heavy (non-hydrogen) atoms. The van der Waals surface area contributed by atoms with Gasteiger partial charge in [0, 0.05) is 6.54 Å². The van der Waals surface area contributed by atoms with Crippen LogP contribution in [0.1, 0.15) is 24.5 Å². The summed E-state index contributed by atoms with van der Waals surface area (Å²) in [7, 11) is 0. The molecule has 2 nitrogen and oxygen atoms in total. The number of hydrogen-bond acceptors (Lipinski definition) is 2. The van der Waals surface area contributed by atoms with Crippen LogP contribution in [0.15, 0.2) is 36.4 Å². The molecule has 1 N–H and O–H groups in total. The van der Waals surface area contributed by atoms with Crippen LogP contribution < -0.4 is 10.1 Å². The Morgan fingerprint density at radius 1 is 1.14 bits per heavy atom. The molecule has 0 radical (unpaired) electrons. The first-order chi connectivity index (χ1) is 10.1. The number of halogens is 2. The monoisotopic (exact) mass is 307 g/mol. The highest BCUT2D eigenvalue weighted by molar-refractivity contribution is 6.32. The zero-order valence-electron chi connectivity index (χ0n) is 12.2. The molecule has 2 aromatic carbocycles. The maximum atomic E-state index is 14.1. The predicted molar refractivity (Wildman–Crippen MR) is 84.7 cm³/mol. The fourth-order valence-electron chi connectivity index (χ4n) is 1.95. The van der Waals surface area contributed by atoms with Crippen LogP contribution in [-0.2, 0) is 6.54 Å². The SMILES string of the molecule is CCCNCc1ccc(Oc2ccc(C)cc2Cl)c(F)c1. The van der Waals surface area contributed by atoms with Gasteiger partial charge in [0.05, 0.1) is 5.02 Å². The van der Waals surface area contributed by atoms with Crippen molar-refractivity contribution in [1.82, 2.24) is 5.32 Å². The quantitative estimate of drug-likeness (QED) is 0.751. The van der Waals surface area contributed by atoms with E-state index in [4.69, 9.17) is 16.3 Å². The highest BCUT2D eigenvalue weighted by atomic mass is 35.5. The Morgan fingerprint density at radius 3 is 2.57 bits per heavy atom. The largest absolute Gasteiger partial charge is 0.453 e. The first kappa shape index (κ1) is 15.8. The zero-order chi connectivity index (χ0) is 15.2. The fourth-order valence-corrected chi connectivity index (χ4v) is 2.23. The van der Waals surface area contributed by atoms with E-state index in [1.165, 1.54) is 6.07 Å². The van der Waals surface area contributed by atoms with Crippen molar-refractivity contribution < 1.29 is 9.13 Å². The highest BCUT2D eigenvalue weighted by Gasteiger charge is 2.08. The lowest BCUT2D eigenvalue weighted by Gasteiger charge is -2.10. The fraction of sp³-hybridized carbons (Fsp3) is 0.294. The van der Waals surface area contributed by atoms with E-state index in [1.807, 2.05) is 19.1 Å². The van der Waals surface area contributed by atoms with Crippen molar-refractivity contribution in [2.24, 2.45) is 0 Å². The van der Waals surface area contributed by atoms with Crippen LogP contribution in [-0.4, -0.2) is 6.54 Å². The van der Waals surface area contributed by atoms with Crippen LogP contribution in [0.3, 0.4) is 0 Å². The van der Waals surface area contributed by atoms with Crippen molar-refractivity contribution in [3.05, 3.63) is 58.4 Å². The second-order valence-electron chi connectivity index (χ2n) is 4.98. The molecule has 2 rings (SSSR count). The minimum atomic E-state index is -0.387. The molecule has 4 heteroatoms. The molecule has 0 amide bonds. The van der Waals surface area contributed by atoms with E-state index in [2.05, 4.69) is 12.2 Å². The van der Waals surface area contributed by atoms with Gasteiger partial charge in [-0.25, -0.2) is 4.39 Å². The van der Waals surface area contributed by atoms with Crippen LogP contribution >= 0.6 is 11.6 Å². The summed E-state index contributed by atoms with van der Waals surface area (Å²) in [4.78, 5) is 0. The van der Waals surface area contributed by atoms with Crippen molar-refractivity contribution in [1.29, 1.82) is 0 Å². The average Bonchev–Trinajstić information content (AvgIpc) is 2.44. The Balaban J connectivity index is 2.10. The summed E-state index contributed by atoms with van der Waals surface area (Å²) in [5.41, 5.74) is 1.92. The van der Waals surface area contributed by atoms with Gasteiger partial charge in [-0.15, -0.1) is 0 Å². The van der Waals surface area contributed by atoms with Gasteiger partial charge in [0.1, 0.15) is 5.75 Å². The van der Waals surface area contributed by atoms with Gasteiger partial charge < -0.3 is 10.1 Å². The van der Waals surface area contributed by atoms with Crippen LogP contribution in [0.5, 0.6) is 11.5 Å². The molecule has 0 atom stereocenters. The lowest BCUT2D eigenvalue weighted by atomic mass is 10.2. The van der Waals surface area contributed by atoms with E-state index in [1.54, 1.807) is 18.2 Å². The molecule has 0 aliphatic rings. The number of benzene rings is 2. The third-order valence-corrected chi connectivity index (χ3v) is 3.35. The molecule has 0 saturated carbocycles. The van der Waals surface area contributed by atoms with E-state index < -0.39 is 0 Å². The number of rotatable bonds is 6. The van der Waals surface area contributed by atoms with Crippen LogP contribution in [0.4, 0.5) is 4.39 Å². The summed E-state index contributed by atoms with van der Waals surface area (Å²) in [5.74, 6) is 0.250. The van der Waals surface area contributed by atoms with Crippen molar-refractivity contribution in [3.8, 4) is 11.5 Å². The number of nitrogens with one attached hydrogen (secondary N) is 1. The second kappa shape index (κ2) is 7.43. The van der Waals surface area contributed by atoms with Crippen LogP contribution in [0.2, 0.25) is 5.02 Å². The third kappa shape index (κ3) is 4.45. The lowest BCUT2D eigenvalue weighted by molar-refractivity contribution is 0.441. The lowest BCUT2D eigenvalue weighted by Crippen LogP contribution is -2.13. The summed E-state index contributed by atoms with van der Waals surface area (Å²) < 4.78 is 19.6. The first-order valence-electron chi connectivity index (χ1n) is 7.03. The molecule has 0 bridgehead atoms. The van der Waals surface area contributed by atoms with E-state index >= 15 is 0 Å². The minimum absolute atomic E-state index is 0.181. The van der Waals surface area contributed by atoms with Gasteiger partial charge in [0.25, 0.3) is 0 Å². The maximum absolute atomic E-state index is 14.1. The molecule has 2 aromatic rings. The van der Waals surface area contributed by atoms with Crippen LogP contribution in [0, 0.1) is 12.7 Å². The average molecular weight is 308 g/mol. The van der Waals surface area contributed by atoms with Crippen molar-refractivity contribution in [2.75, 3.05) is 6.54 Å². The van der Waals surface area contributed by atoms with Crippen molar-refractivity contribution in [3.63, 3.8) is 0 Å². The third-order valence-electron chi connectivity index (χ3n) is 3.06. The molecule has 0 saturated heterocycles. The molecule has 0 fully saturated rings. The van der Waals surface area contributed by atoms with Gasteiger partial charge in [-0.1, -0.05) is 30.7 Å². The molecule has 0 unspecified atom stereocenters. The highest BCUT2D eigenvalue weighted by Crippen LogP contribution is 2.31. The van der Waals surface area contributed by atoms with E-state index in [0.717, 1.165) is 24.1 Å². The summed E-state index contributed by atoms with van der Waals surface area (Å²) in [6.45, 7) is 5.60. The smallest absolute Gasteiger partial charge is 0.166 e. The number of hydrogen-bond donors (Lipinski definition) is 1. The van der Waals surface area contributed by atoms with Gasteiger partial charge in [0.15, 0.2) is 11.6 Å². The van der Waals surface area contributed by atoms with Crippen LogP contribution in [0.25, 0.3) is 0 Å². The second-order valence-corrected chi connectivity index (χ2v) is 5.38. The Bertz CT molecular complexity index is 616. The first-order valence-corrected chi connectivity index (χ1v) is 7.41. The maximum Gasteiger partial charge on any atom is 0.166 e. The summed E-state index contributed by atoms with van der Waals surface area (Å²) in [5, 5.41) is 3.71. The summed E-state index contributed by atoms with van der Waals surface area (Å²) >= 11 is 6.09. The zero-order valence-corrected chi connectivity index (χ0v) is 13.0. The Hall–Kier alpha value is -1.58. The minimum Gasteiger partial charge on any atom is -0.453 e. The van der Waals surface area contributed by atoms with Gasteiger partial charge in [-0.2, -0.15) is 0 Å². The normalized spacial score (nSPS) is 10.7. The summed E-state index contributed by atoms with van der Waals surface area (Å²) in [6.07, 6.45) is 1.05. The topological polar surface area (TPSA) is 21.3 Å². The molecule has 0 aromatic heterocycles. The van der Waals surface area contributed by atoms with Gasteiger partial charge >= 0.3 is 0 Å². The molecule has 0 heterocycles. The van der Waals surface area contributed by atoms with Crippen molar-refractivity contribution in [2.45, 2.75) is 26.8 Å². The van der Waals surface area contributed by atoms with Crippen molar-refractivity contribution >= 4 is 11.6 Å². The van der Waals surface area contributed by atoms with Gasteiger partial charge in [0.2, 0.25) is 0 Å². The molecular weight excluding hydrogens is 289 g/mol. The Kier molecular flexibility index (Phi) is 5.59. The molecule has 0 aliphatic carbocycles. The Morgan fingerprint density at radius 2 is 1.90 bits per heavy atom. The number of aryl methyl sites for hydroxylation is 1. The van der Waals surface area contributed by atoms with E-state index in [0.29, 0.717) is 17.3 Å². The molecule has 0 spiro atoms. The summed E-state index contributed by atoms with van der Waals surface area (Å²) in [6, 6.07) is 10.4. The Labute approximate surface area is 129 Å². The number of ether oxygens (including phenoxy) is 1. The van der Waals surface area contributed by atoms with E-state index in [9.17, 15) is 4.39 Å². The molecule has 112 valence electrons. The van der Waals surface area contributed by atoms with Gasteiger partial charge in [-0.3, -0.25) is 0 Å². The van der Waals surface area contributed by atoms with E-state index in [-0.39, 0.29) is 11.6 Å². The standard InChI is InChI=1S/C17H19ClFNO/c1-3-8-20-11-13-5-7-17(15(19)10-13)21-16-6-4-12(2)9-14(16)18/h4-7,9-10,20H,3,8,11H2,1-2H3. The van der Waals surface area contributed by atoms with Gasteiger partial charge in [-0.05, 0) is 55.3 Å². The predicted octanol–water partition coefficient (Wildman–Crippen LogP) is 5.08.